The van der Waals surface area contributed by atoms with Crippen LogP contribution in [-0.4, -0.2) is 30.5 Å². The molecular formula is C11H15ClIN3O3. The molecule has 0 saturated carbocycles. The van der Waals surface area contributed by atoms with E-state index in [2.05, 4.69) is 10.6 Å². The zero-order valence-corrected chi connectivity index (χ0v) is 13.3. The number of carbonyl (C=O) groups is 1. The summed E-state index contributed by atoms with van der Waals surface area (Å²) in [6, 6.07) is 4.20. The second-order valence-electron chi connectivity index (χ2n) is 3.53. The number of nitrogens with zero attached hydrogens (tertiary/aromatic N) is 1. The van der Waals surface area contributed by atoms with E-state index in [1.54, 1.807) is 0 Å². The lowest BCUT2D eigenvalue weighted by molar-refractivity contribution is -0.384. The summed E-state index contributed by atoms with van der Waals surface area (Å²) in [7, 11) is 0. The number of carbonyl (C=O) groups excluding carboxylic acids is 1. The third-order valence-electron chi connectivity index (χ3n) is 2.25. The molecule has 0 aromatic heterocycles. The van der Waals surface area contributed by atoms with Crippen LogP contribution in [0.1, 0.15) is 17.3 Å². The van der Waals surface area contributed by atoms with Crippen molar-refractivity contribution in [3.05, 3.63) is 37.4 Å². The molecular weight excluding hydrogens is 384 g/mol. The van der Waals surface area contributed by atoms with Crippen LogP contribution in [-0.2, 0) is 0 Å². The predicted molar refractivity (Wildman–Crippen MR) is 83.9 cm³/mol. The number of benzene rings is 1. The summed E-state index contributed by atoms with van der Waals surface area (Å²) in [5.41, 5.74) is 0.446. The molecule has 0 aliphatic carbocycles. The molecule has 0 spiro atoms. The van der Waals surface area contributed by atoms with Gasteiger partial charge in [0.1, 0.15) is 0 Å². The largest absolute Gasteiger partial charge is 0.351 e. The third-order valence-corrected chi connectivity index (χ3v) is 3.14. The lowest BCUT2D eigenvalue weighted by atomic mass is 10.2. The summed E-state index contributed by atoms with van der Waals surface area (Å²) < 4.78 is 0.572. The minimum Gasteiger partial charge on any atom is -0.351 e. The summed E-state index contributed by atoms with van der Waals surface area (Å²) in [6.45, 7) is 4.07. The number of amides is 1. The van der Waals surface area contributed by atoms with Crippen molar-refractivity contribution in [3.8, 4) is 0 Å². The van der Waals surface area contributed by atoms with Gasteiger partial charge in [0.15, 0.2) is 0 Å². The molecule has 0 atom stereocenters. The average Bonchev–Trinajstić information content (AvgIpc) is 2.34. The summed E-state index contributed by atoms with van der Waals surface area (Å²) >= 11 is 1.92. The maximum atomic E-state index is 11.8. The number of nitrogens with one attached hydrogen (secondary N) is 2. The van der Waals surface area contributed by atoms with Crippen molar-refractivity contribution in [1.29, 1.82) is 0 Å². The smallest absolute Gasteiger partial charge is 0.270 e. The number of nitro groups is 1. The Bertz CT molecular complexity index is 457. The lowest BCUT2D eigenvalue weighted by Gasteiger charge is -2.07. The SMILES string of the molecule is CCNCCNC(=O)c1ccc([N+](=O)[O-])cc1I.Cl. The summed E-state index contributed by atoms with van der Waals surface area (Å²) in [4.78, 5) is 21.9. The van der Waals surface area contributed by atoms with Crippen LogP contribution in [0.15, 0.2) is 18.2 Å². The van der Waals surface area contributed by atoms with Gasteiger partial charge in [-0.1, -0.05) is 6.92 Å². The van der Waals surface area contributed by atoms with E-state index in [9.17, 15) is 14.9 Å². The molecule has 0 aliphatic rings. The first kappa shape index (κ1) is 18.1. The number of nitro benzene ring substituents is 1. The van der Waals surface area contributed by atoms with Gasteiger partial charge in [0.05, 0.1) is 10.5 Å². The van der Waals surface area contributed by atoms with Crippen LogP contribution in [0, 0.1) is 13.7 Å². The minimum absolute atomic E-state index is 0. The van der Waals surface area contributed by atoms with Gasteiger partial charge in [0.25, 0.3) is 11.6 Å². The van der Waals surface area contributed by atoms with Crippen LogP contribution in [0.5, 0.6) is 0 Å². The standard InChI is InChI=1S/C11H14IN3O3.ClH/c1-2-13-5-6-14-11(16)9-4-3-8(15(17)18)7-10(9)12;/h3-4,7,13H,2,5-6H2,1H3,(H,14,16);1H. The highest BCUT2D eigenvalue weighted by molar-refractivity contribution is 14.1. The monoisotopic (exact) mass is 399 g/mol. The second-order valence-corrected chi connectivity index (χ2v) is 4.69. The van der Waals surface area contributed by atoms with Crippen molar-refractivity contribution in [1.82, 2.24) is 10.6 Å². The predicted octanol–water partition coefficient (Wildman–Crippen LogP) is 1.96. The third kappa shape index (κ3) is 5.70. The van der Waals surface area contributed by atoms with E-state index in [4.69, 9.17) is 0 Å². The first-order valence-corrected chi connectivity index (χ1v) is 6.57. The Labute approximate surface area is 131 Å². The number of rotatable bonds is 6. The molecule has 0 aliphatic heterocycles. The van der Waals surface area contributed by atoms with E-state index in [0.29, 0.717) is 22.2 Å². The van der Waals surface area contributed by atoms with Gasteiger partial charge in [0.2, 0.25) is 0 Å². The van der Waals surface area contributed by atoms with Crippen molar-refractivity contribution in [2.24, 2.45) is 0 Å². The van der Waals surface area contributed by atoms with Crippen LogP contribution >= 0.6 is 35.0 Å². The molecule has 6 nitrogen and oxygen atoms in total. The highest BCUT2D eigenvalue weighted by Gasteiger charge is 2.13. The number of hydrogen-bond donors (Lipinski definition) is 2. The molecule has 0 fully saturated rings. The molecule has 8 heteroatoms. The van der Waals surface area contributed by atoms with Crippen LogP contribution in [0.4, 0.5) is 5.69 Å². The molecule has 0 radical (unpaired) electrons. The van der Waals surface area contributed by atoms with Gasteiger partial charge < -0.3 is 10.6 Å². The number of likely N-dealkylation sites (N-methyl/N-ethyl adjacent to an activating group) is 1. The van der Waals surface area contributed by atoms with Crippen LogP contribution in [0.25, 0.3) is 0 Å². The number of halogens is 2. The first-order valence-electron chi connectivity index (χ1n) is 5.49. The Balaban J connectivity index is 0.00000324. The topological polar surface area (TPSA) is 84.3 Å². The molecule has 0 saturated heterocycles. The Hall–Kier alpha value is -0.930. The van der Waals surface area contributed by atoms with Crippen molar-refractivity contribution >= 4 is 46.6 Å². The van der Waals surface area contributed by atoms with Crippen molar-refractivity contribution in [2.75, 3.05) is 19.6 Å². The fourth-order valence-electron chi connectivity index (χ4n) is 1.34. The van der Waals surface area contributed by atoms with E-state index >= 15 is 0 Å². The molecule has 1 aromatic rings. The van der Waals surface area contributed by atoms with Crippen molar-refractivity contribution < 1.29 is 9.72 Å². The van der Waals surface area contributed by atoms with Gasteiger partial charge in [-0.2, -0.15) is 0 Å². The quantitative estimate of drug-likeness (QED) is 0.331. The molecule has 1 rings (SSSR count). The first-order chi connectivity index (χ1) is 8.56. The number of hydrogen-bond acceptors (Lipinski definition) is 4. The van der Waals surface area contributed by atoms with E-state index in [-0.39, 0.29) is 24.0 Å². The molecule has 106 valence electrons. The molecule has 0 unspecified atom stereocenters. The minimum atomic E-state index is -0.477. The molecule has 1 aromatic carbocycles. The zero-order chi connectivity index (χ0) is 13.5. The van der Waals surface area contributed by atoms with E-state index in [1.807, 2.05) is 29.5 Å². The lowest BCUT2D eigenvalue weighted by Crippen LogP contribution is -2.32. The van der Waals surface area contributed by atoms with Gasteiger partial charge >= 0.3 is 0 Å². The van der Waals surface area contributed by atoms with E-state index in [1.165, 1.54) is 18.2 Å². The van der Waals surface area contributed by atoms with E-state index < -0.39 is 4.92 Å². The van der Waals surface area contributed by atoms with Crippen LogP contribution in [0.3, 0.4) is 0 Å². The van der Waals surface area contributed by atoms with Gasteiger partial charge in [-0.15, -0.1) is 12.4 Å². The maximum absolute atomic E-state index is 11.8. The molecule has 19 heavy (non-hydrogen) atoms. The Kier molecular flexibility index (Phi) is 8.61. The van der Waals surface area contributed by atoms with Gasteiger partial charge in [-0.25, -0.2) is 0 Å². The summed E-state index contributed by atoms with van der Waals surface area (Å²) in [6.07, 6.45) is 0. The fourth-order valence-corrected chi connectivity index (χ4v) is 2.08. The Morgan fingerprint density at radius 2 is 2.11 bits per heavy atom. The van der Waals surface area contributed by atoms with Crippen molar-refractivity contribution in [2.45, 2.75) is 6.92 Å². The molecule has 1 amide bonds. The molecule has 2 N–H and O–H groups in total. The summed E-state index contributed by atoms with van der Waals surface area (Å²) in [5.74, 6) is -0.216. The Morgan fingerprint density at radius 3 is 2.63 bits per heavy atom. The molecule has 0 heterocycles. The highest BCUT2D eigenvalue weighted by Crippen LogP contribution is 2.19. The van der Waals surface area contributed by atoms with Gasteiger partial charge in [-0.05, 0) is 35.2 Å². The van der Waals surface area contributed by atoms with Gasteiger partial charge in [-0.3, -0.25) is 14.9 Å². The van der Waals surface area contributed by atoms with Crippen LogP contribution < -0.4 is 10.6 Å². The maximum Gasteiger partial charge on any atom is 0.270 e. The molecule has 0 bridgehead atoms. The van der Waals surface area contributed by atoms with Crippen LogP contribution in [0.2, 0.25) is 0 Å². The van der Waals surface area contributed by atoms with Crippen molar-refractivity contribution in [3.63, 3.8) is 0 Å². The fraction of sp³-hybridized carbons (Fsp3) is 0.364. The van der Waals surface area contributed by atoms with Gasteiger partial charge in [0, 0.05) is 28.8 Å². The van der Waals surface area contributed by atoms with E-state index in [0.717, 1.165) is 6.54 Å². The normalized spacial score (nSPS) is 9.58. The Morgan fingerprint density at radius 1 is 1.42 bits per heavy atom. The highest BCUT2D eigenvalue weighted by atomic mass is 127. The zero-order valence-electron chi connectivity index (χ0n) is 10.3. The second kappa shape index (κ2) is 9.05. The number of non-ortho nitro benzene ring substituents is 1. The average molecular weight is 400 g/mol. The summed E-state index contributed by atoms with van der Waals surface area (Å²) in [5, 5.41) is 16.4.